The van der Waals surface area contributed by atoms with Gasteiger partial charge in [-0.2, -0.15) is 0 Å². The molecule has 5 nitrogen and oxygen atoms in total. The van der Waals surface area contributed by atoms with Crippen molar-refractivity contribution in [1.82, 2.24) is 9.80 Å². The molecule has 0 aliphatic carbocycles. The Hall–Kier alpha value is -3.38. The number of ether oxygens (including phenoxy) is 2. The van der Waals surface area contributed by atoms with Crippen LogP contribution in [0.3, 0.4) is 0 Å². The highest BCUT2D eigenvalue weighted by atomic mass is 19.1. The van der Waals surface area contributed by atoms with Crippen molar-refractivity contribution in [3.63, 3.8) is 0 Å². The molecule has 0 unspecified atom stereocenters. The molecule has 1 aliphatic rings. The van der Waals surface area contributed by atoms with Crippen LogP contribution in [0.4, 0.5) is 4.39 Å². The first kappa shape index (κ1) is 23.8. The van der Waals surface area contributed by atoms with E-state index in [1.165, 1.54) is 12.1 Å². The SMILES string of the molecule is C[C@@H]1CN(Cc2ccc(F)cc2)[C@@H](C)CN1C(=O)COc1ccc(OCc2ccccc2)cc1. The molecule has 1 aliphatic heterocycles. The monoisotopic (exact) mass is 462 g/mol. The van der Waals surface area contributed by atoms with Gasteiger partial charge in [-0.1, -0.05) is 42.5 Å². The Morgan fingerprint density at radius 3 is 2.15 bits per heavy atom. The quantitative estimate of drug-likeness (QED) is 0.477. The molecule has 1 heterocycles. The summed E-state index contributed by atoms with van der Waals surface area (Å²) in [6.07, 6.45) is 0. The molecule has 2 atom stereocenters. The van der Waals surface area contributed by atoms with E-state index in [-0.39, 0.29) is 30.4 Å². The van der Waals surface area contributed by atoms with Crippen LogP contribution in [0.1, 0.15) is 25.0 Å². The Morgan fingerprint density at radius 2 is 1.47 bits per heavy atom. The fourth-order valence-corrected chi connectivity index (χ4v) is 4.19. The van der Waals surface area contributed by atoms with Crippen LogP contribution in [0, 0.1) is 5.82 Å². The molecule has 0 bridgehead atoms. The number of hydrogen-bond acceptors (Lipinski definition) is 4. The lowest BCUT2D eigenvalue weighted by atomic mass is 10.1. The highest BCUT2D eigenvalue weighted by molar-refractivity contribution is 5.78. The first-order chi connectivity index (χ1) is 16.5. The zero-order valence-electron chi connectivity index (χ0n) is 19.7. The maximum absolute atomic E-state index is 13.2. The molecule has 0 N–H and O–H groups in total. The van der Waals surface area contributed by atoms with E-state index in [1.54, 1.807) is 0 Å². The summed E-state index contributed by atoms with van der Waals surface area (Å²) in [6.45, 7) is 6.81. The standard InChI is InChI=1S/C28H31FN2O3/c1-21-17-31(22(2)16-30(21)18-23-8-10-25(29)11-9-23)28(32)20-34-27-14-12-26(13-15-27)33-19-24-6-4-3-5-7-24/h3-15,21-22H,16-20H2,1-2H3/t21-,22+/m0/s1. The number of hydrogen-bond donors (Lipinski definition) is 0. The Bertz CT molecular complexity index is 1060. The van der Waals surface area contributed by atoms with Crippen LogP contribution >= 0.6 is 0 Å². The molecule has 1 saturated heterocycles. The Morgan fingerprint density at radius 1 is 0.824 bits per heavy atom. The van der Waals surface area contributed by atoms with Crippen molar-refractivity contribution in [3.05, 3.63) is 95.8 Å². The maximum Gasteiger partial charge on any atom is 0.260 e. The second-order valence-electron chi connectivity index (χ2n) is 8.83. The van der Waals surface area contributed by atoms with Crippen molar-refractivity contribution in [1.29, 1.82) is 0 Å². The van der Waals surface area contributed by atoms with Gasteiger partial charge in [0.1, 0.15) is 23.9 Å². The number of rotatable bonds is 8. The predicted molar refractivity (Wildman–Crippen MR) is 130 cm³/mol. The van der Waals surface area contributed by atoms with E-state index in [1.807, 2.05) is 71.6 Å². The zero-order chi connectivity index (χ0) is 23.9. The van der Waals surface area contributed by atoms with Gasteiger partial charge in [-0.05, 0) is 61.4 Å². The van der Waals surface area contributed by atoms with Gasteiger partial charge in [-0.25, -0.2) is 4.39 Å². The molecule has 0 spiro atoms. The van der Waals surface area contributed by atoms with Gasteiger partial charge >= 0.3 is 0 Å². The van der Waals surface area contributed by atoms with Crippen molar-refractivity contribution in [2.75, 3.05) is 19.7 Å². The molecule has 1 fully saturated rings. The van der Waals surface area contributed by atoms with E-state index < -0.39 is 0 Å². The molecule has 4 rings (SSSR count). The van der Waals surface area contributed by atoms with Gasteiger partial charge in [0, 0.05) is 31.7 Å². The van der Waals surface area contributed by atoms with E-state index >= 15 is 0 Å². The fourth-order valence-electron chi connectivity index (χ4n) is 4.19. The van der Waals surface area contributed by atoms with Gasteiger partial charge < -0.3 is 14.4 Å². The van der Waals surface area contributed by atoms with Gasteiger partial charge in [0.15, 0.2) is 6.61 Å². The highest BCUT2D eigenvalue weighted by Gasteiger charge is 2.32. The smallest absolute Gasteiger partial charge is 0.260 e. The molecule has 3 aromatic rings. The summed E-state index contributed by atoms with van der Waals surface area (Å²) in [5, 5.41) is 0. The largest absolute Gasteiger partial charge is 0.489 e. The van der Waals surface area contributed by atoms with E-state index in [4.69, 9.17) is 9.47 Å². The van der Waals surface area contributed by atoms with Gasteiger partial charge in [-0.15, -0.1) is 0 Å². The molecule has 178 valence electrons. The minimum atomic E-state index is -0.227. The third kappa shape index (κ3) is 6.35. The van der Waals surface area contributed by atoms with Crippen molar-refractivity contribution in [2.24, 2.45) is 0 Å². The molecule has 3 aromatic carbocycles. The van der Waals surface area contributed by atoms with Crippen molar-refractivity contribution < 1.29 is 18.7 Å². The van der Waals surface area contributed by atoms with Crippen LogP contribution in [0.15, 0.2) is 78.9 Å². The van der Waals surface area contributed by atoms with Gasteiger partial charge in [-0.3, -0.25) is 9.69 Å². The van der Waals surface area contributed by atoms with Crippen LogP contribution in [-0.4, -0.2) is 47.5 Å². The third-order valence-corrected chi connectivity index (χ3v) is 6.17. The fraction of sp³-hybridized carbons (Fsp3) is 0.321. The second kappa shape index (κ2) is 11.2. The molecule has 0 aromatic heterocycles. The van der Waals surface area contributed by atoms with E-state index in [0.29, 0.717) is 18.9 Å². The first-order valence-electron chi connectivity index (χ1n) is 11.7. The summed E-state index contributed by atoms with van der Waals surface area (Å²) in [6, 6.07) is 24.2. The molecule has 34 heavy (non-hydrogen) atoms. The summed E-state index contributed by atoms with van der Waals surface area (Å²) in [5.41, 5.74) is 2.18. The summed E-state index contributed by atoms with van der Waals surface area (Å²) >= 11 is 0. The summed E-state index contributed by atoms with van der Waals surface area (Å²) in [4.78, 5) is 17.1. The molecular weight excluding hydrogens is 431 g/mol. The minimum Gasteiger partial charge on any atom is -0.489 e. The van der Waals surface area contributed by atoms with Gasteiger partial charge in [0.25, 0.3) is 5.91 Å². The van der Waals surface area contributed by atoms with Crippen LogP contribution in [-0.2, 0) is 17.9 Å². The average Bonchev–Trinajstić information content (AvgIpc) is 2.86. The molecular formula is C28H31FN2O3. The number of halogens is 1. The topological polar surface area (TPSA) is 42.0 Å². The van der Waals surface area contributed by atoms with Crippen LogP contribution in [0.25, 0.3) is 0 Å². The van der Waals surface area contributed by atoms with Crippen molar-refractivity contribution >= 4 is 5.91 Å². The molecule has 6 heteroatoms. The summed E-state index contributed by atoms with van der Waals surface area (Å²) < 4.78 is 24.7. The maximum atomic E-state index is 13.2. The van der Waals surface area contributed by atoms with E-state index in [2.05, 4.69) is 18.7 Å². The normalized spacial score (nSPS) is 18.5. The highest BCUT2D eigenvalue weighted by Crippen LogP contribution is 2.21. The Kier molecular flexibility index (Phi) is 7.80. The third-order valence-electron chi connectivity index (χ3n) is 6.17. The molecule has 1 amide bonds. The number of nitrogens with zero attached hydrogens (tertiary/aromatic N) is 2. The molecule has 0 radical (unpaired) electrons. The summed E-state index contributed by atoms with van der Waals surface area (Å²) in [7, 11) is 0. The second-order valence-corrected chi connectivity index (χ2v) is 8.83. The van der Waals surface area contributed by atoms with Crippen molar-refractivity contribution in [2.45, 2.75) is 39.1 Å². The van der Waals surface area contributed by atoms with Crippen LogP contribution in [0.5, 0.6) is 11.5 Å². The Labute approximate surface area is 200 Å². The Balaban J connectivity index is 1.24. The zero-order valence-corrected chi connectivity index (χ0v) is 19.7. The van der Waals surface area contributed by atoms with E-state index in [0.717, 1.165) is 30.0 Å². The first-order valence-corrected chi connectivity index (χ1v) is 11.7. The lowest BCUT2D eigenvalue weighted by molar-refractivity contribution is -0.139. The van der Waals surface area contributed by atoms with Crippen LogP contribution < -0.4 is 9.47 Å². The summed E-state index contributed by atoms with van der Waals surface area (Å²) in [5.74, 6) is 1.14. The van der Waals surface area contributed by atoms with Crippen LogP contribution in [0.2, 0.25) is 0 Å². The molecule has 0 saturated carbocycles. The predicted octanol–water partition coefficient (Wildman–Crippen LogP) is 4.90. The average molecular weight is 463 g/mol. The lowest BCUT2D eigenvalue weighted by Crippen LogP contribution is -2.58. The number of carbonyl (C=O) groups excluding carboxylic acids is 1. The number of piperazine rings is 1. The number of carbonyl (C=O) groups is 1. The van der Waals surface area contributed by atoms with Gasteiger partial charge in [0.2, 0.25) is 0 Å². The van der Waals surface area contributed by atoms with Gasteiger partial charge in [0.05, 0.1) is 0 Å². The van der Waals surface area contributed by atoms with Crippen molar-refractivity contribution in [3.8, 4) is 11.5 Å². The van der Waals surface area contributed by atoms with E-state index in [9.17, 15) is 9.18 Å². The lowest BCUT2D eigenvalue weighted by Gasteiger charge is -2.44. The number of amides is 1. The minimum absolute atomic E-state index is 0.000753. The number of benzene rings is 3.